The fourth-order valence-corrected chi connectivity index (χ4v) is 1.96. The van der Waals surface area contributed by atoms with Crippen LogP contribution in [-0.4, -0.2) is 0 Å². The molecule has 0 fully saturated rings. The number of hydrogen-bond donors (Lipinski definition) is 0. The second kappa shape index (κ2) is 8.87. The van der Waals surface area contributed by atoms with Gasteiger partial charge in [0.1, 0.15) is 12.4 Å². The van der Waals surface area contributed by atoms with Crippen LogP contribution in [0.2, 0.25) is 0 Å². The molecular formula is C20H22O. The largest absolute Gasteiger partial charge is 0.489 e. The summed E-state index contributed by atoms with van der Waals surface area (Å²) in [5.41, 5.74) is 2.43. The molecule has 2 aromatic carbocycles. The maximum Gasteiger partial charge on any atom is 0.119 e. The van der Waals surface area contributed by atoms with E-state index >= 15 is 0 Å². The number of unbranched alkanes of at least 4 members (excludes halogenated alkanes) is 2. The summed E-state index contributed by atoms with van der Waals surface area (Å²) in [5, 5.41) is 0. The van der Waals surface area contributed by atoms with Gasteiger partial charge >= 0.3 is 0 Å². The van der Waals surface area contributed by atoms with Crippen LogP contribution in [0.1, 0.15) is 37.3 Å². The molecule has 0 aliphatic rings. The summed E-state index contributed by atoms with van der Waals surface area (Å²) in [6.07, 6.45) is 4.23. The van der Waals surface area contributed by atoms with E-state index in [1.54, 1.807) is 0 Å². The molecule has 0 atom stereocenters. The van der Waals surface area contributed by atoms with Gasteiger partial charge in [-0.15, -0.1) is 5.92 Å². The average Bonchev–Trinajstić information content (AvgIpc) is 2.55. The zero-order valence-corrected chi connectivity index (χ0v) is 12.6. The summed E-state index contributed by atoms with van der Waals surface area (Å²) in [4.78, 5) is 0. The minimum Gasteiger partial charge on any atom is -0.489 e. The fraction of sp³-hybridized carbons (Fsp3) is 0.300. The molecule has 2 aromatic rings. The van der Waals surface area contributed by atoms with Gasteiger partial charge in [0.05, 0.1) is 0 Å². The van der Waals surface area contributed by atoms with Crippen molar-refractivity contribution in [1.29, 1.82) is 0 Å². The van der Waals surface area contributed by atoms with Crippen LogP contribution in [0, 0.1) is 11.8 Å². The lowest BCUT2D eigenvalue weighted by Gasteiger charge is -2.06. The maximum absolute atomic E-state index is 5.77. The molecule has 21 heavy (non-hydrogen) atoms. The number of benzene rings is 2. The van der Waals surface area contributed by atoms with Gasteiger partial charge in [0.25, 0.3) is 0 Å². The highest BCUT2D eigenvalue weighted by atomic mass is 16.5. The summed E-state index contributed by atoms with van der Waals surface area (Å²) in [6, 6.07) is 18.4. The van der Waals surface area contributed by atoms with Crippen LogP contribution in [0.15, 0.2) is 54.6 Å². The van der Waals surface area contributed by atoms with Crippen molar-refractivity contribution in [2.75, 3.05) is 0 Å². The van der Waals surface area contributed by atoms with E-state index in [1.165, 1.54) is 24.0 Å². The van der Waals surface area contributed by atoms with Crippen molar-refractivity contribution in [1.82, 2.24) is 0 Å². The lowest BCUT2D eigenvalue weighted by Crippen LogP contribution is -1.95. The molecule has 0 radical (unpaired) electrons. The van der Waals surface area contributed by atoms with Crippen molar-refractivity contribution in [3.05, 3.63) is 65.7 Å². The third-order valence-electron chi connectivity index (χ3n) is 3.24. The van der Waals surface area contributed by atoms with Gasteiger partial charge in [0.15, 0.2) is 0 Å². The van der Waals surface area contributed by atoms with E-state index in [0.717, 1.165) is 18.6 Å². The fourth-order valence-electron chi connectivity index (χ4n) is 1.96. The Labute approximate surface area is 128 Å². The molecule has 1 heteroatoms. The maximum atomic E-state index is 5.77. The quantitative estimate of drug-likeness (QED) is 0.533. The minimum atomic E-state index is 0.608. The Morgan fingerprint density at radius 1 is 0.857 bits per heavy atom. The predicted molar refractivity (Wildman–Crippen MR) is 88.2 cm³/mol. The molecular weight excluding hydrogens is 256 g/mol. The van der Waals surface area contributed by atoms with Gasteiger partial charge in [-0.1, -0.05) is 61.7 Å². The zero-order chi connectivity index (χ0) is 14.8. The Morgan fingerprint density at radius 3 is 2.33 bits per heavy atom. The molecule has 0 bridgehead atoms. The van der Waals surface area contributed by atoms with Crippen LogP contribution in [-0.2, 0) is 13.0 Å². The van der Waals surface area contributed by atoms with Gasteiger partial charge in [-0.2, -0.15) is 0 Å². The van der Waals surface area contributed by atoms with Gasteiger partial charge in [-0.3, -0.25) is 0 Å². The predicted octanol–water partition coefficient (Wildman–Crippen LogP) is 5.00. The van der Waals surface area contributed by atoms with Crippen molar-refractivity contribution < 1.29 is 4.74 Å². The topological polar surface area (TPSA) is 9.23 Å². The smallest absolute Gasteiger partial charge is 0.119 e. The van der Waals surface area contributed by atoms with Gasteiger partial charge in [0.2, 0.25) is 0 Å². The standard InChI is InChI=1S/C20H22O/c1-2-3-4-5-7-10-18-13-15-20(16-14-18)21-17-19-11-8-6-9-12-19/h6,8-9,11-16H,2-4,10,17H2,1H3. The molecule has 0 saturated heterocycles. The average molecular weight is 278 g/mol. The Hall–Kier alpha value is -2.20. The summed E-state index contributed by atoms with van der Waals surface area (Å²) in [6.45, 7) is 2.80. The zero-order valence-electron chi connectivity index (χ0n) is 12.6. The highest BCUT2D eigenvalue weighted by molar-refractivity contribution is 5.30. The molecule has 0 heterocycles. The van der Waals surface area contributed by atoms with Crippen molar-refractivity contribution in [3.63, 3.8) is 0 Å². The Kier molecular flexibility index (Phi) is 6.42. The molecule has 1 nitrogen and oxygen atoms in total. The van der Waals surface area contributed by atoms with Crippen LogP contribution in [0.25, 0.3) is 0 Å². The number of hydrogen-bond acceptors (Lipinski definition) is 1. The number of rotatable bonds is 6. The van der Waals surface area contributed by atoms with E-state index in [4.69, 9.17) is 4.74 Å². The van der Waals surface area contributed by atoms with Crippen LogP contribution >= 0.6 is 0 Å². The lowest BCUT2D eigenvalue weighted by molar-refractivity contribution is 0.306. The molecule has 0 amide bonds. The lowest BCUT2D eigenvalue weighted by atomic mass is 10.1. The third kappa shape index (κ3) is 5.75. The minimum absolute atomic E-state index is 0.608. The molecule has 0 unspecified atom stereocenters. The summed E-state index contributed by atoms with van der Waals surface area (Å²) in [5.74, 6) is 7.34. The first-order valence-corrected chi connectivity index (χ1v) is 7.60. The van der Waals surface area contributed by atoms with Crippen LogP contribution < -0.4 is 4.74 Å². The first-order chi connectivity index (χ1) is 10.4. The van der Waals surface area contributed by atoms with E-state index in [-0.39, 0.29) is 0 Å². The molecule has 2 rings (SSSR count). The second-order valence-electron chi connectivity index (χ2n) is 5.05. The van der Waals surface area contributed by atoms with E-state index in [0.29, 0.717) is 6.61 Å². The molecule has 108 valence electrons. The normalized spacial score (nSPS) is 9.76. The number of ether oxygens (including phenoxy) is 1. The molecule has 0 N–H and O–H groups in total. The second-order valence-corrected chi connectivity index (χ2v) is 5.05. The van der Waals surface area contributed by atoms with Crippen molar-refractivity contribution in [2.45, 2.75) is 39.2 Å². The van der Waals surface area contributed by atoms with E-state index < -0.39 is 0 Å². The molecule has 0 aromatic heterocycles. The van der Waals surface area contributed by atoms with E-state index in [1.807, 2.05) is 30.3 Å². The first kappa shape index (κ1) is 15.2. The molecule has 0 spiro atoms. The monoisotopic (exact) mass is 278 g/mol. The summed E-state index contributed by atoms with van der Waals surface area (Å²) >= 11 is 0. The summed E-state index contributed by atoms with van der Waals surface area (Å²) < 4.78 is 5.77. The van der Waals surface area contributed by atoms with Gasteiger partial charge in [0, 0.05) is 12.8 Å². The van der Waals surface area contributed by atoms with Crippen LogP contribution in [0.4, 0.5) is 0 Å². The van der Waals surface area contributed by atoms with Crippen LogP contribution in [0.5, 0.6) is 5.75 Å². The first-order valence-electron chi connectivity index (χ1n) is 7.60. The van der Waals surface area contributed by atoms with Gasteiger partial charge in [-0.25, -0.2) is 0 Å². The van der Waals surface area contributed by atoms with Crippen molar-refractivity contribution in [3.8, 4) is 17.6 Å². The van der Waals surface area contributed by atoms with Crippen molar-refractivity contribution in [2.24, 2.45) is 0 Å². The Balaban J connectivity index is 1.80. The molecule has 0 aliphatic carbocycles. The van der Waals surface area contributed by atoms with E-state index in [2.05, 4.69) is 43.0 Å². The highest BCUT2D eigenvalue weighted by Crippen LogP contribution is 2.14. The van der Waals surface area contributed by atoms with Gasteiger partial charge in [-0.05, 0) is 29.7 Å². The highest BCUT2D eigenvalue weighted by Gasteiger charge is 1.96. The van der Waals surface area contributed by atoms with Gasteiger partial charge < -0.3 is 4.74 Å². The molecule has 0 saturated carbocycles. The van der Waals surface area contributed by atoms with E-state index in [9.17, 15) is 0 Å². The Bertz CT molecular complexity index is 573. The van der Waals surface area contributed by atoms with Crippen LogP contribution in [0.3, 0.4) is 0 Å². The third-order valence-corrected chi connectivity index (χ3v) is 3.24. The Morgan fingerprint density at radius 2 is 1.62 bits per heavy atom. The SMILES string of the molecule is CCCCC#CCc1ccc(OCc2ccccc2)cc1. The van der Waals surface area contributed by atoms with Crippen molar-refractivity contribution >= 4 is 0 Å². The summed E-state index contributed by atoms with van der Waals surface area (Å²) in [7, 11) is 0. The molecule has 0 aliphatic heterocycles.